The first-order chi connectivity index (χ1) is 9.17. The van der Waals surface area contributed by atoms with Crippen LogP contribution in [0.5, 0.6) is 0 Å². The number of nitrogens with zero attached hydrogens (tertiary/aromatic N) is 1. The van der Waals surface area contributed by atoms with Crippen LogP contribution < -0.4 is 16.0 Å². The van der Waals surface area contributed by atoms with Gasteiger partial charge in [0, 0.05) is 26.6 Å². The van der Waals surface area contributed by atoms with Gasteiger partial charge in [0.15, 0.2) is 0 Å². The molecular weight excluding hydrogens is 244 g/mol. The molecule has 0 aliphatic heterocycles. The van der Waals surface area contributed by atoms with E-state index < -0.39 is 0 Å². The maximum Gasteiger partial charge on any atom is 0.269 e. The Balaban J connectivity index is 2.42. The van der Waals surface area contributed by atoms with Crippen LogP contribution in [0.25, 0.3) is 0 Å². The molecule has 1 aromatic heterocycles. The molecule has 1 rings (SSSR count). The van der Waals surface area contributed by atoms with Gasteiger partial charge in [0.25, 0.3) is 5.91 Å². The molecule has 0 saturated heterocycles. The molecular formula is C13H20N4O2. The number of hydrogen-bond acceptors (Lipinski definition) is 4. The fourth-order valence-electron chi connectivity index (χ4n) is 1.41. The van der Waals surface area contributed by atoms with Crippen molar-refractivity contribution in [2.75, 3.05) is 25.5 Å². The third-order valence-corrected chi connectivity index (χ3v) is 2.49. The molecule has 6 heteroatoms. The largest absolute Gasteiger partial charge is 0.384 e. The number of hydrogen-bond donors (Lipinski definition) is 3. The number of amides is 2. The third kappa shape index (κ3) is 5.37. The fraction of sp³-hybridized carbons (Fsp3) is 0.462. The molecule has 0 saturated carbocycles. The van der Waals surface area contributed by atoms with Crippen LogP contribution in [0.1, 0.15) is 30.3 Å². The molecule has 0 unspecified atom stereocenters. The number of carbonyl (C=O) groups excluding carboxylic acids is 2. The number of anilines is 1. The molecule has 6 nitrogen and oxygen atoms in total. The van der Waals surface area contributed by atoms with E-state index in [1.54, 1.807) is 19.3 Å². The summed E-state index contributed by atoms with van der Waals surface area (Å²) in [6.45, 7) is 3.25. The summed E-state index contributed by atoms with van der Waals surface area (Å²) < 4.78 is 0. The minimum atomic E-state index is -0.272. The molecule has 0 spiro atoms. The summed E-state index contributed by atoms with van der Waals surface area (Å²) in [5.74, 6) is -0.377. The lowest BCUT2D eigenvalue weighted by molar-refractivity contribution is -0.120. The second kappa shape index (κ2) is 8.07. The highest BCUT2D eigenvalue weighted by molar-refractivity contribution is 5.92. The third-order valence-electron chi connectivity index (χ3n) is 2.49. The van der Waals surface area contributed by atoms with Crippen molar-refractivity contribution < 1.29 is 9.59 Å². The fourth-order valence-corrected chi connectivity index (χ4v) is 1.41. The lowest BCUT2D eigenvalue weighted by Gasteiger charge is -2.06. The summed E-state index contributed by atoms with van der Waals surface area (Å²) in [6, 6.07) is 3.48. The standard InChI is InChI=1S/C13H20N4O2/c1-3-7-15-10-4-5-11(17-9-10)13(19)16-8-6-12(18)14-2/h4-5,9,15H,3,6-8H2,1-2H3,(H,14,18)(H,16,19). The number of nitrogens with one attached hydrogen (secondary N) is 3. The van der Waals surface area contributed by atoms with Gasteiger partial charge in [-0.05, 0) is 18.6 Å². The van der Waals surface area contributed by atoms with E-state index in [0.29, 0.717) is 12.2 Å². The van der Waals surface area contributed by atoms with Crippen molar-refractivity contribution >= 4 is 17.5 Å². The van der Waals surface area contributed by atoms with Crippen molar-refractivity contribution in [3.8, 4) is 0 Å². The van der Waals surface area contributed by atoms with E-state index in [0.717, 1.165) is 18.7 Å². The van der Waals surface area contributed by atoms with Crippen LogP contribution in [0, 0.1) is 0 Å². The Labute approximate surface area is 113 Å². The van der Waals surface area contributed by atoms with Crippen molar-refractivity contribution in [2.45, 2.75) is 19.8 Å². The number of carbonyl (C=O) groups is 2. The Kier molecular flexibility index (Phi) is 6.35. The van der Waals surface area contributed by atoms with Crippen molar-refractivity contribution in [2.24, 2.45) is 0 Å². The highest BCUT2D eigenvalue weighted by Gasteiger charge is 2.07. The van der Waals surface area contributed by atoms with Crippen LogP contribution in [0.4, 0.5) is 5.69 Å². The van der Waals surface area contributed by atoms with Crippen molar-refractivity contribution in [3.63, 3.8) is 0 Å². The highest BCUT2D eigenvalue weighted by atomic mass is 16.2. The average molecular weight is 264 g/mol. The molecule has 19 heavy (non-hydrogen) atoms. The van der Waals surface area contributed by atoms with Crippen LogP contribution in [0.3, 0.4) is 0 Å². The number of pyridine rings is 1. The molecule has 0 aromatic carbocycles. The molecule has 0 radical (unpaired) electrons. The van der Waals surface area contributed by atoms with Gasteiger partial charge < -0.3 is 16.0 Å². The van der Waals surface area contributed by atoms with Gasteiger partial charge in [0.1, 0.15) is 5.69 Å². The second-order valence-electron chi connectivity index (χ2n) is 4.04. The number of rotatable bonds is 7. The van der Waals surface area contributed by atoms with Crippen LogP contribution >= 0.6 is 0 Å². The number of aromatic nitrogens is 1. The lowest BCUT2D eigenvalue weighted by atomic mass is 10.3. The van der Waals surface area contributed by atoms with Gasteiger partial charge in [-0.2, -0.15) is 0 Å². The Morgan fingerprint density at radius 2 is 2.05 bits per heavy atom. The van der Waals surface area contributed by atoms with Gasteiger partial charge in [0.05, 0.1) is 11.9 Å². The Morgan fingerprint density at radius 1 is 1.26 bits per heavy atom. The first-order valence-corrected chi connectivity index (χ1v) is 6.36. The van der Waals surface area contributed by atoms with Crippen molar-refractivity contribution in [1.29, 1.82) is 0 Å². The van der Waals surface area contributed by atoms with Crippen molar-refractivity contribution in [3.05, 3.63) is 24.0 Å². The SMILES string of the molecule is CCCNc1ccc(C(=O)NCCC(=O)NC)nc1. The summed E-state index contributed by atoms with van der Waals surface area (Å²) in [4.78, 5) is 26.8. The molecule has 0 aliphatic carbocycles. The highest BCUT2D eigenvalue weighted by Crippen LogP contribution is 2.05. The monoisotopic (exact) mass is 264 g/mol. The molecule has 1 aromatic rings. The summed E-state index contributed by atoms with van der Waals surface area (Å²) in [6.07, 6.45) is 2.92. The van der Waals surface area contributed by atoms with E-state index in [9.17, 15) is 9.59 Å². The quantitative estimate of drug-likeness (QED) is 0.679. The summed E-state index contributed by atoms with van der Waals surface area (Å²) >= 11 is 0. The zero-order valence-electron chi connectivity index (χ0n) is 11.3. The lowest BCUT2D eigenvalue weighted by Crippen LogP contribution is -2.29. The minimum absolute atomic E-state index is 0.104. The summed E-state index contributed by atoms with van der Waals surface area (Å²) in [5, 5.41) is 8.31. The van der Waals surface area contributed by atoms with Gasteiger partial charge in [-0.25, -0.2) is 4.98 Å². The van der Waals surface area contributed by atoms with E-state index in [1.165, 1.54) is 0 Å². The van der Waals surface area contributed by atoms with E-state index in [2.05, 4.69) is 27.9 Å². The Morgan fingerprint density at radius 3 is 2.63 bits per heavy atom. The minimum Gasteiger partial charge on any atom is -0.384 e. The molecule has 1 heterocycles. The van der Waals surface area contributed by atoms with Gasteiger partial charge in [-0.1, -0.05) is 6.92 Å². The smallest absolute Gasteiger partial charge is 0.269 e. The average Bonchev–Trinajstić information content (AvgIpc) is 2.45. The maximum atomic E-state index is 11.7. The normalized spacial score (nSPS) is 9.79. The molecule has 2 amide bonds. The first-order valence-electron chi connectivity index (χ1n) is 6.36. The zero-order chi connectivity index (χ0) is 14.1. The van der Waals surface area contributed by atoms with Gasteiger partial charge in [0.2, 0.25) is 5.91 Å². The second-order valence-corrected chi connectivity index (χ2v) is 4.04. The van der Waals surface area contributed by atoms with E-state index in [1.807, 2.05) is 6.07 Å². The predicted octanol–water partition coefficient (Wildman–Crippen LogP) is 0.769. The maximum absolute atomic E-state index is 11.7. The molecule has 3 N–H and O–H groups in total. The van der Waals surface area contributed by atoms with Crippen LogP contribution in [-0.4, -0.2) is 36.9 Å². The van der Waals surface area contributed by atoms with E-state index in [4.69, 9.17) is 0 Å². The van der Waals surface area contributed by atoms with Gasteiger partial charge in [-0.15, -0.1) is 0 Å². The Hall–Kier alpha value is -2.11. The molecule has 0 atom stereocenters. The Bertz CT molecular complexity index is 417. The molecule has 104 valence electrons. The zero-order valence-corrected chi connectivity index (χ0v) is 11.3. The van der Waals surface area contributed by atoms with Gasteiger partial charge >= 0.3 is 0 Å². The van der Waals surface area contributed by atoms with E-state index >= 15 is 0 Å². The summed E-state index contributed by atoms with van der Waals surface area (Å²) in [5.41, 5.74) is 1.24. The predicted molar refractivity (Wildman–Crippen MR) is 74.0 cm³/mol. The van der Waals surface area contributed by atoms with Gasteiger partial charge in [-0.3, -0.25) is 9.59 Å². The molecule has 0 fully saturated rings. The van der Waals surface area contributed by atoms with Crippen molar-refractivity contribution in [1.82, 2.24) is 15.6 Å². The van der Waals surface area contributed by atoms with Crippen LogP contribution in [0.15, 0.2) is 18.3 Å². The topological polar surface area (TPSA) is 83.1 Å². The molecule has 0 aliphatic rings. The summed E-state index contributed by atoms with van der Waals surface area (Å²) in [7, 11) is 1.56. The van der Waals surface area contributed by atoms with Crippen LogP contribution in [-0.2, 0) is 4.79 Å². The first kappa shape index (κ1) is 14.9. The van der Waals surface area contributed by atoms with E-state index in [-0.39, 0.29) is 18.2 Å². The molecule has 0 bridgehead atoms. The van der Waals surface area contributed by atoms with Crippen LogP contribution in [0.2, 0.25) is 0 Å².